The van der Waals surface area contributed by atoms with Crippen molar-refractivity contribution in [3.05, 3.63) is 17.8 Å². The van der Waals surface area contributed by atoms with Crippen LogP contribution in [-0.4, -0.2) is 16.1 Å². The van der Waals surface area contributed by atoms with Crippen molar-refractivity contribution in [1.29, 1.82) is 0 Å². The summed E-state index contributed by atoms with van der Waals surface area (Å²) in [6, 6.07) is 0. The molecule has 0 amide bonds. The molecule has 1 aromatic rings. The molecule has 1 atom stereocenters. The lowest BCUT2D eigenvalue weighted by molar-refractivity contribution is -0.139. The average Bonchev–Trinajstić information content (AvgIpc) is 2.49. The minimum Gasteiger partial charge on any atom is -0.481 e. The summed E-state index contributed by atoms with van der Waals surface area (Å²) in [4.78, 5) is 14.7. The van der Waals surface area contributed by atoms with Crippen molar-refractivity contribution in [2.75, 3.05) is 0 Å². The smallest absolute Gasteiger partial charge is 0.314 e. The van der Waals surface area contributed by atoms with Crippen LogP contribution in [0.4, 0.5) is 0 Å². The van der Waals surface area contributed by atoms with E-state index in [1.54, 1.807) is 0 Å². The van der Waals surface area contributed by atoms with Crippen LogP contribution in [0, 0.1) is 0 Å². The van der Waals surface area contributed by atoms with Gasteiger partial charge < -0.3 is 9.52 Å². The van der Waals surface area contributed by atoms with Gasteiger partial charge in [-0.25, -0.2) is 4.98 Å². The Balaban J connectivity index is 2.37. The molecule has 0 fully saturated rings. The largest absolute Gasteiger partial charge is 0.481 e. The van der Waals surface area contributed by atoms with Gasteiger partial charge in [0, 0.05) is 0 Å². The van der Waals surface area contributed by atoms with Gasteiger partial charge in [-0.2, -0.15) is 0 Å². The Kier molecular flexibility index (Phi) is 1.60. The van der Waals surface area contributed by atoms with Crippen LogP contribution >= 0.6 is 0 Å². The van der Waals surface area contributed by atoms with Crippen LogP contribution in [0.25, 0.3) is 0 Å². The number of fused-ring (bicyclic) bond motifs is 1. The minimum absolute atomic E-state index is 0.476. The molecule has 64 valence electrons. The van der Waals surface area contributed by atoms with Crippen molar-refractivity contribution in [2.24, 2.45) is 0 Å². The summed E-state index contributed by atoms with van der Waals surface area (Å²) < 4.78 is 5.04. The topological polar surface area (TPSA) is 63.3 Å². The Labute approximate surface area is 69.2 Å². The molecule has 4 nitrogen and oxygen atoms in total. The van der Waals surface area contributed by atoms with E-state index < -0.39 is 11.9 Å². The molecule has 1 aliphatic carbocycles. The van der Waals surface area contributed by atoms with Crippen LogP contribution in [0.15, 0.2) is 10.8 Å². The van der Waals surface area contributed by atoms with E-state index in [0.29, 0.717) is 12.2 Å². The molecule has 0 aromatic carbocycles. The van der Waals surface area contributed by atoms with Crippen molar-refractivity contribution in [1.82, 2.24) is 4.98 Å². The Morgan fingerprint density at radius 3 is 3.33 bits per heavy atom. The van der Waals surface area contributed by atoms with Gasteiger partial charge in [0.25, 0.3) is 0 Å². The maximum atomic E-state index is 10.7. The maximum Gasteiger partial charge on any atom is 0.314 e. The fourth-order valence-electron chi connectivity index (χ4n) is 1.59. The molecule has 0 spiro atoms. The molecule has 1 aromatic heterocycles. The first-order valence-corrected chi connectivity index (χ1v) is 3.94. The summed E-state index contributed by atoms with van der Waals surface area (Å²) in [6.45, 7) is 0. The zero-order valence-electron chi connectivity index (χ0n) is 6.49. The third kappa shape index (κ3) is 0.995. The normalized spacial score (nSPS) is 21.8. The SMILES string of the molecule is O=C(O)C1CCCc2ncoc21. The second-order valence-electron chi connectivity index (χ2n) is 2.95. The van der Waals surface area contributed by atoms with E-state index in [1.807, 2.05) is 0 Å². The molecule has 0 bridgehead atoms. The molecule has 1 N–H and O–H groups in total. The van der Waals surface area contributed by atoms with Crippen LogP contribution < -0.4 is 0 Å². The summed E-state index contributed by atoms with van der Waals surface area (Å²) in [5.74, 6) is -0.738. The Morgan fingerprint density at radius 2 is 2.58 bits per heavy atom. The number of aromatic nitrogens is 1. The molecular weight excluding hydrogens is 158 g/mol. The van der Waals surface area contributed by atoms with Crippen LogP contribution in [-0.2, 0) is 11.2 Å². The molecule has 0 saturated heterocycles. The second-order valence-corrected chi connectivity index (χ2v) is 2.95. The summed E-state index contributed by atoms with van der Waals surface area (Å²) in [6.07, 6.45) is 3.72. The molecule has 1 unspecified atom stereocenters. The molecule has 1 aliphatic rings. The van der Waals surface area contributed by atoms with Crippen LogP contribution in [0.5, 0.6) is 0 Å². The summed E-state index contributed by atoms with van der Waals surface area (Å²) in [5.41, 5.74) is 0.814. The van der Waals surface area contributed by atoms with Gasteiger partial charge >= 0.3 is 5.97 Å². The molecule has 0 saturated carbocycles. The summed E-state index contributed by atoms with van der Waals surface area (Å²) in [5, 5.41) is 8.82. The van der Waals surface area contributed by atoms with Gasteiger partial charge in [-0.15, -0.1) is 0 Å². The lowest BCUT2D eigenvalue weighted by Crippen LogP contribution is -2.16. The predicted octanol–water partition coefficient (Wildman–Crippen LogP) is 1.18. The lowest BCUT2D eigenvalue weighted by atomic mass is 9.91. The second kappa shape index (κ2) is 2.62. The van der Waals surface area contributed by atoms with Crippen LogP contribution in [0.2, 0.25) is 0 Å². The van der Waals surface area contributed by atoms with Gasteiger partial charge in [-0.1, -0.05) is 0 Å². The number of hydrogen-bond acceptors (Lipinski definition) is 3. The van der Waals surface area contributed by atoms with E-state index in [-0.39, 0.29) is 0 Å². The highest BCUT2D eigenvalue weighted by molar-refractivity contribution is 5.75. The summed E-state index contributed by atoms with van der Waals surface area (Å²) >= 11 is 0. The van der Waals surface area contributed by atoms with E-state index in [9.17, 15) is 4.79 Å². The number of carboxylic acid groups (broad SMARTS) is 1. The predicted molar refractivity (Wildman–Crippen MR) is 39.8 cm³/mol. The van der Waals surface area contributed by atoms with E-state index in [0.717, 1.165) is 18.5 Å². The van der Waals surface area contributed by atoms with Gasteiger partial charge in [0.15, 0.2) is 6.39 Å². The van der Waals surface area contributed by atoms with E-state index in [4.69, 9.17) is 9.52 Å². The number of rotatable bonds is 1. The highest BCUT2D eigenvalue weighted by atomic mass is 16.4. The van der Waals surface area contributed by atoms with Crippen molar-refractivity contribution in [3.8, 4) is 0 Å². The standard InChI is InChI=1S/C8H9NO3/c10-8(11)5-2-1-3-6-7(5)12-4-9-6/h4-5H,1-3H2,(H,10,11). The molecule has 4 heteroatoms. The minimum atomic E-state index is -0.812. The van der Waals surface area contributed by atoms with E-state index in [1.165, 1.54) is 6.39 Å². The highest BCUT2D eigenvalue weighted by Gasteiger charge is 2.29. The zero-order chi connectivity index (χ0) is 8.55. The highest BCUT2D eigenvalue weighted by Crippen LogP contribution is 2.30. The van der Waals surface area contributed by atoms with Gasteiger partial charge in [-0.3, -0.25) is 4.79 Å². The number of oxazole rings is 1. The fraction of sp³-hybridized carbons (Fsp3) is 0.500. The third-order valence-electron chi connectivity index (χ3n) is 2.19. The monoisotopic (exact) mass is 167 g/mol. The number of nitrogens with zero attached hydrogens (tertiary/aromatic N) is 1. The lowest BCUT2D eigenvalue weighted by Gasteiger charge is -2.15. The van der Waals surface area contributed by atoms with Crippen LogP contribution in [0.3, 0.4) is 0 Å². The number of aryl methyl sites for hydroxylation is 1. The average molecular weight is 167 g/mol. The molecule has 0 aliphatic heterocycles. The van der Waals surface area contributed by atoms with Crippen molar-refractivity contribution < 1.29 is 14.3 Å². The number of carboxylic acids is 1. The Bertz CT molecular complexity index is 305. The van der Waals surface area contributed by atoms with Gasteiger partial charge in [0.2, 0.25) is 0 Å². The van der Waals surface area contributed by atoms with Crippen molar-refractivity contribution >= 4 is 5.97 Å². The molecular formula is C8H9NO3. The van der Waals surface area contributed by atoms with Gasteiger partial charge in [0.05, 0.1) is 5.69 Å². The number of aliphatic carboxylic acids is 1. The summed E-state index contributed by atoms with van der Waals surface area (Å²) in [7, 11) is 0. The Hall–Kier alpha value is -1.32. The molecule has 0 radical (unpaired) electrons. The quantitative estimate of drug-likeness (QED) is 0.682. The first kappa shape index (κ1) is 7.34. The van der Waals surface area contributed by atoms with Crippen LogP contribution in [0.1, 0.15) is 30.2 Å². The van der Waals surface area contributed by atoms with Crippen molar-refractivity contribution in [3.63, 3.8) is 0 Å². The number of carbonyl (C=O) groups is 1. The zero-order valence-corrected chi connectivity index (χ0v) is 6.49. The maximum absolute atomic E-state index is 10.7. The fourth-order valence-corrected chi connectivity index (χ4v) is 1.59. The first-order valence-electron chi connectivity index (χ1n) is 3.94. The third-order valence-corrected chi connectivity index (χ3v) is 2.19. The molecule has 1 heterocycles. The Morgan fingerprint density at radius 1 is 1.75 bits per heavy atom. The molecule has 12 heavy (non-hydrogen) atoms. The number of hydrogen-bond donors (Lipinski definition) is 1. The van der Waals surface area contributed by atoms with Gasteiger partial charge in [0.1, 0.15) is 11.7 Å². The molecule has 2 rings (SSSR count). The van der Waals surface area contributed by atoms with E-state index in [2.05, 4.69) is 4.98 Å². The van der Waals surface area contributed by atoms with Gasteiger partial charge in [-0.05, 0) is 19.3 Å². The van der Waals surface area contributed by atoms with Crippen molar-refractivity contribution in [2.45, 2.75) is 25.2 Å². The van der Waals surface area contributed by atoms with E-state index >= 15 is 0 Å². The first-order chi connectivity index (χ1) is 5.79.